The Morgan fingerprint density at radius 1 is 1.11 bits per heavy atom. The summed E-state index contributed by atoms with van der Waals surface area (Å²) in [5, 5.41) is 6.56. The second-order valence-corrected chi connectivity index (χ2v) is 6.04. The largest absolute Gasteiger partial charge is 0.454 e. The molecule has 2 aromatic carbocycles. The van der Waals surface area contributed by atoms with Gasteiger partial charge in [-0.05, 0) is 43.7 Å². The van der Waals surface area contributed by atoms with Crippen LogP contribution in [0.3, 0.4) is 0 Å². The Balaban J connectivity index is 1.42. The first-order valence-electron chi connectivity index (χ1n) is 8.60. The minimum atomic E-state index is -0.692. The van der Waals surface area contributed by atoms with Crippen molar-refractivity contribution in [3.8, 4) is 11.5 Å². The number of oxime groups is 1. The summed E-state index contributed by atoms with van der Waals surface area (Å²) in [5.74, 6) is 0.181. The van der Waals surface area contributed by atoms with Gasteiger partial charge >= 0.3 is 5.97 Å². The van der Waals surface area contributed by atoms with Crippen molar-refractivity contribution < 1.29 is 28.6 Å². The van der Waals surface area contributed by atoms with Crippen LogP contribution in [0.2, 0.25) is 0 Å². The van der Waals surface area contributed by atoms with Gasteiger partial charge in [0.15, 0.2) is 18.1 Å². The zero-order chi connectivity index (χ0) is 19.9. The molecule has 0 spiro atoms. The molecule has 1 N–H and O–H groups in total. The zero-order valence-corrected chi connectivity index (χ0v) is 15.6. The number of hydrogen-bond acceptors (Lipinski definition) is 7. The van der Waals surface area contributed by atoms with E-state index in [-0.39, 0.29) is 6.79 Å². The Hall–Kier alpha value is -3.55. The monoisotopic (exact) mass is 384 g/mol. The number of nitrogens with zero attached hydrogens (tertiary/aromatic N) is 1. The molecule has 1 heterocycles. The van der Waals surface area contributed by atoms with E-state index in [0.717, 1.165) is 11.1 Å². The smallest absolute Gasteiger partial charge is 0.347 e. The number of esters is 1. The maximum absolute atomic E-state index is 11.9. The van der Waals surface area contributed by atoms with Crippen molar-refractivity contribution in [2.24, 2.45) is 5.16 Å². The molecule has 28 heavy (non-hydrogen) atoms. The second kappa shape index (κ2) is 8.90. The van der Waals surface area contributed by atoms with Crippen molar-refractivity contribution in [2.45, 2.75) is 13.8 Å². The van der Waals surface area contributed by atoms with Crippen LogP contribution >= 0.6 is 0 Å². The average molecular weight is 384 g/mol. The molecule has 3 rings (SSSR count). The molecule has 8 heteroatoms. The molecule has 0 saturated carbocycles. The van der Waals surface area contributed by atoms with E-state index >= 15 is 0 Å². The third-order valence-electron chi connectivity index (χ3n) is 3.96. The predicted molar refractivity (Wildman–Crippen MR) is 101 cm³/mol. The van der Waals surface area contributed by atoms with Crippen LogP contribution in [0.25, 0.3) is 0 Å². The summed E-state index contributed by atoms with van der Waals surface area (Å²) in [6, 6.07) is 12.7. The summed E-state index contributed by atoms with van der Waals surface area (Å²) >= 11 is 0. The van der Waals surface area contributed by atoms with E-state index in [9.17, 15) is 9.59 Å². The molecule has 0 saturated heterocycles. The molecule has 1 aliphatic heterocycles. The standard InChI is InChI=1S/C20H20N2O6/c1-13-5-3-4-6-16(13)21-19(23)10-25-20(24)11-28-22-14(2)15-7-8-17-18(9-15)27-12-26-17/h3-9H,10-12H2,1-2H3,(H,21,23)/b22-14-. The van der Waals surface area contributed by atoms with Gasteiger partial charge < -0.3 is 24.4 Å². The summed E-state index contributed by atoms with van der Waals surface area (Å²) < 4.78 is 15.4. The number of nitrogens with one attached hydrogen (secondary N) is 1. The summed E-state index contributed by atoms with van der Waals surface area (Å²) in [4.78, 5) is 28.6. The van der Waals surface area contributed by atoms with Gasteiger partial charge in [0.25, 0.3) is 5.91 Å². The Morgan fingerprint density at radius 2 is 1.89 bits per heavy atom. The number of ether oxygens (including phenoxy) is 3. The molecule has 2 aromatic rings. The number of anilines is 1. The van der Waals surface area contributed by atoms with Gasteiger partial charge in [-0.3, -0.25) is 4.79 Å². The Kier molecular flexibility index (Phi) is 6.11. The SMILES string of the molecule is C/C(=N/OCC(=O)OCC(=O)Nc1ccccc1C)c1ccc2c(c1)OCO2. The normalized spacial score (nSPS) is 12.4. The molecule has 1 aliphatic rings. The molecular weight excluding hydrogens is 364 g/mol. The maximum Gasteiger partial charge on any atom is 0.347 e. The topological polar surface area (TPSA) is 95.5 Å². The van der Waals surface area contributed by atoms with Crippen molar-refractivity contribution in [1.82, 2.24) is 0 Å². The molecule has 0 fully saturated rings. The second-order valence-electron chi connectivity index (χ2n) is 6.04. The van der Waals surface area contributed by atoms with Gasteiger partial charge in [0.1, 0.15) is 0 Å². The third-order valence-corrected chi connectivity index (χ3v) is 3.96. The van der Waals surface area contributed by atoms with Crippen molar-refractivity contribution >= 4 is 23.3 Å². The molecule has 0 aromatic heterocycles. The van der Waals surface area contributed by atoms with Crippen LogP contribution < -0.4 is 14.8 Å². The number of benzene rings is 2. The summed E-state index contributed by atoms with van der Waals surface area (Å²) in [6.45, 7) is 2.99. The number of carbonyl (C=O) groups excluding carboxylic acids is 2. The van der Waals surface area contributed by atoms with E-state index < -0.39 is 25.1 Å². The Labute approximate surface area is 162 Å². The highest BCUT2D eigenvalue weighted by Crippen LogP contribution is 2.32. The fourth-order valence-electron chi connectivity index (χ4n) is 2.44. The quantitative estimate of drug-likeness (QED) is 0.448. The Morgan fingerprint density at radius 3 is 2.71 bits per heavy atom. The van der Waals surface area contributed by atoms with Crippen LogP contribution in [0.1, 0.15) is 18.1 Å². The van der Waals surface area contributed by atoms with Crippen molar-refractivity contribution in [2.75, 3.05) is 25.3 Å². The zero-order valence-electron chi connectivity index (χ0n) is 15.6. The highest BCUT2D eigenvalue weighted by atomic mass is 16.7. The number of fused-ring (bicyclic) bond motifs is 1. The van der Waals surface area contributed by atoms with Crippen molar-refractivity contribution in [1.29, 1.82) is 0 Å². The van der Waals surface area contributed by atoms with E-state index in [1.165, 1.54) is 0 Å². The number of para-hydroxylation sites is 1. The minimum Gasteiger partial charge on any atom is -0.454 e. The number of aryl methyl sites for hydroxylation is 1. The molecule has 0 radical (unpaired) electrons. The fraction of sp³-hybridized carbons (Fsp3) is 0.250. The molecular formula is C20H20N2O6. The minimum absolute atomic E-state index is 0.189. The molecule has 0 aliphatic carbocycles. The van der Waals surface area contributed by atoms with Gasteiger partial charge in [0, 0.05) is 11.3 Å². The van der Waals surface area contributed by atoms with Gasteiger partial charge in [-0.1, -0.05) is 23.4 Å². The summed E-state index contributed by atoms with van der Waals surface area (Å²) in [5.41, 5.74) is 2.92. The van der Waals surface area contributed by atoms with E-state index in [0.29, 0.717) is 22.9 Å². The lowest BCUT2D eigenvalue weighted by Crippen LogP contribution is -2.22. The van der Waals surface area contributed by atoms with Crippen LogP contribution in [-0.2, 0) is 19.2 Å². The van der Waals surface area contributed by atoms with Crippen LogP contribution in [0.4, 0.5) is 5.69 Å². The number of carbonyl (C=O) groups is 2. The van der Waals surface area contributed by atoms with Crippen LogP contribution in [-0.4, -0.2) is 37.6 Å². The van der Waals surface area contributed by atoms with Crippen LogP contribution in [0.15, 0.2) is 47.6 Å². The van der Waals surface area contributed by atoms with Crippen LogP contribution in [0, 0.1) is 6.92 Å². The molecule has 0 atom stereocenters. The van der Waals surface area contributed by atoms with Gasteiger partial charge in [-0.2, -0.15) is 0 Å². The lowest BCUT2D eigenvalue weighted by atomic mass is 10.1. The fourth-order valence-corrected chi connectivity index (χ4v) is 2.44. The number of hydrogen-bond donors (Lipinski definition) is 1. The summed E-state index contributed by atoms with van der Waals surface area (Å²) in [7, 11) is 0. The lowest BCUT2D eigenvalue weighted by molar-refractivity contribution is -0.151. The van der Waals surface area contributed by atoms with Gasteiger partial charge in [0.2, 0.25) is 13.4 Å². The molecule has 146 valence electrons. The first-order chi connectivity index (χ1) is 13.5. The molecule has 1 amide bonds. The molecule has 0 unspecified atom stereocenters. The van der Waals surface area contributed by atoms with Gasteiger partial charge in [-0.25, -0.2) is 4.79 Å². The van der Waals surface area contributed by atoms with Crippen LogP contribution in [0.5, 0.6) is 11.5 Å². The van der Waals surface area contributed by atoms with E-state index in [2.05, 4.69) is 10.5 Å². The van der Waals surface area contributed by atoms with Crippen molar-refractivity contribution in [3.05, 3.63) is 53.6 Å². The number of amides is 1. The molecule has 0 bridgehead atoms. The molecule has 8 nitrogen and oxygen atoms in total. The van der Waals surface area contributed by atoms with E-state index in [1.807, 2.05) is 31.2 Å². The lowest BCUT2D eigenvalue weighted by Gasteiger charge is -2.08. The highest BCUT2D eigenvalue weighted by Gasteiger charge is 2.14. The van der Waals surface area contributed by atoms with Gasteiger partial charge in [0.05, 0.1) is 5.71 Å². The first kappa shape index (κ1) is 19.2. The average Bonchev–Trinajstić information content (AvgIpc) is 3.16. The Bertz CT molecular complexity index is 909. The van der Waals surface area contributed by atoms with E-state index in [4.69, 9.17) is 19.0 Å². The van der Waals surface area contributed by atoms with Crippen molar-refractivity contribution in [3.63, 3.8) is 0 Å². The highest BCUT2D eigenvalue weighted by molar-refractivity contribution is 5.99. The van der Waals surface area contributed by atoms with E-state index in [1.54, 1.807) is 25.1 Å². The summed E-state index contributed by atoms with van der Waals surface area (Å²) in [6.07, 6.45) is 0. The first-order valence-corrected chi connectivity index (χ1v) is 8.60. The maximum atomic E-state index is 11.9. The number of rotatable bonds is 7. The third kappa shape index (κ3) is 5.00. The predicted octanol–water partition coefficient (Wildman–Crippen LogP) is 2.65. The van der Waals surface area contributed by atoms with Gasteiger partial charge in [-0.15, -0.1) is 0 Å².